The van der Waals surface area contributed by atoms with Gasteiger partial charge in [0, 0.05) is 0 Å². The summed E-state index contributed by atoms with van der Waals surface area (Å²) in [6, 6.07) is 0. The molecule has 1 heteroatoms. The molecule has 1 rings (SSSR count). The highest BCUT2D eigenvalue weighted by molar-refractivity contribution is 5.12. The van der Waals surface area contributed by atoms with Gasteiger partial charge in [-0.3, -0.25) is 0 Å². The van der Waals surface area contributed by atoms with Crippen LogP contribution in [0.2, 0.25) is 0 Å². The van der Waals surface area contributed by atoms with Gasteiger partial charge < -0.3 is 5.11 Å². The lowest BCUT2D eigenvalue weighted by atomic mass is 9.88. The quantitative estimate of drug-likeness (QED) is 0.611. The van der Waals surface area contributed by atoms with Gasteiger partial charge in [-0.15, -0.1) is 0 Å². The molecule has 1 aliphatic rings. The Morgan fingerprint density at radius 1 is 1.05 bits per heavy atom. The van der Waals surface area contributed by atoms with E-state index in [0.29, 0.717) is 5.92 Å². The van der Waals surface area contributed by atoms with E-state index in [0.717, 1.165) is 44.1 Å². The van der Waals surface area contributed by atoms with E-state index in [1.165, 1.54) is 16.7 Å². The zero-order chi connectivity index (χ0) is 15.8. The van der Waals surface area contributed by atoms with Crippen LogP contribution in [-0.4, -0.2) is 11.2 Å². The zero-order valence-corrected chi connectivity index (χ0v) is 14.3. The van der Waals surface area contributed by atoms with Gasteiger partial charge in [0.15, 0.2) is 0 Å². The minimum Gasteiger partial charge on any atom is -0.389 e. The minimum atomic E-state index is -0.340. The maximum Gasteiger partial charge on any atom is 0.0753 e. The van der Waals surface area contributed by atoms with Gasteiger partial charge in [0.2, 0.25) is 0 Å². The molecule has 1 nitrogen and oxygen atoms in total. The number of rotatable bonds is 1. The first-order chi connectivity index (χ1) is 9.90. The highest BCUT2D eigenvalue weighted by atomic mass is 16.3. The van der Waals surface area contributed by atoms with Gasteiger partial charge in [0.1, 0.15) is 0 Å². The van der Waals surface area contributed by atoms with Crippen molar-refractivity contribution in [1.29, 1.82) is 0 Å². The second kappa shape index (κ2) is 9.04. The van der Waals surface area contributed by atoms with Crippen molar-refractivity contribution in [3.63, 3.8) is 0 Å². The Kier molecular flexibility index (Phi) is 7.74. The minimum absolute atomic E-state index is 0.340. The van der Waals surface area contributed by atoms with E-state index in [9.17, 15) is 5.11 Å². The molecular formula is C20H32O. The number of hydrogen-bond acceptors (Lipinski definition) is 1. The van der Waals surface area contributed by atoms with Gasteiger partial charge >= 0.3 is 0 Å². The van der Waals surface area contributed by atoms with E-state index in [4.69, 9.17) is 0 Å². The fraction of sp³-hybridized carbons (Fsp3) is 0.600. The Balaban J connectivity index is 2.89. The number of aliphatic hydroxyl groups excluding tert-OH is 1. The Labute approximate surface area is 131 Å². The summed E-state index contributed by atoms with van der Waals surface area (Å²) in [7, 11) is 0. The maximum absolute atomic E-state index is 10.4. The third-order valence-corrected chi connectivity index (χ3v) is 4.52. The summed E-state index contributed by atoms with van der Waals surface area (Å²) in [4.78, 5) is 0. The van der Waals surface area contributed by atoms with Crippen LogP contribution in [0, 0.1) is 5.92 Å². The molecule has 0 saturated heterocycles. The molecule has 1 aliphatic carbocycles. The summed E-state index contributed by atoms with van der Waals surface area (Å²) < 4.78 is 0. The van der Waals surface area contributed by atoms with E-state index in [-0.39, 0.29) is 6.10 Å². The van der Waals surface area contributed by atoms with Crippen LogP contribution >= 0.6 is 0 Å². The summed E-state index contributed by atoms with van der Waals surface area (Å²) in [5.41, 5.74) is 5.18. The Morgan fingerprint density at radius 2 is 1.62 bits per heavy atom. The van der Waals surface area contributed by atoms with Crippen molar-refractivity contribution in [2.45, 2.75) is 72.3 Å². The van der Waals surface area contributed by atoms with Crippen molar-refractivity contribution >= 4 is 0 Å². The molecule has 21 heavy (non-hydrogen) atoms. The molecule has 0 fully saturated rings. The van der Waals surface area contributed by atoms with Gasteiger partial charge in [-0.05, 0) is 77.7 Å². The molecule has 0 amide bonds. The lowest BCUT2D eigenvalue weighted by molar-refractivity contribution is 0.182. The predicted octanol–water partition coefficient (Wildman–Crippen LogP) is 5.73. The number of hydrogen-bond donors (Lipinski definition) is 1. The highest BCUT2D eigenvalue weighted by Crippen LogP contribution is 2.25. The van der Waals surface area contributed by atoms with Crippen LogP contribution in [0.4, 0.5) is 0 Å². The number of allylic oxidation sites excluding steroid dienone is 6. The van der Waals surface area contributed by atoms with E-state index >= 15 is 0 Å². The highest BCUT2D eigenvalue weighted by Gasteiger charge is 2.15. The van der Waals surface area contributed by atoms with Gasteiger partial charge in [-0.25, -0.2) is 0 Å². The third-order valence-electron chi connectivity index (χ3n) is 4.52. The molecule has 0 aromatic heterocycles. The van der Waals surface area contributed by atoms with Crippen molar-refractivity contribution < 1.29 is 5.11 Å². The van der Waals surface area contributed by atoms with Crippen LogP contribution in [0.3, 0.4) is 0 Å². The van der Waals surface area contributed by atoms with Crippen molar-refractivity contribution in [3.05, 3.63) is 47.1 Å². The van der Waals surface area contributed by atoms with Crippen LogP contribution in [0.1, 0.15) is 66.2 Å². The van der Waals surface area contributed by atoms with Crippen molar-refractivity contribution in [3.8, 4) is 0 Å². The molecule has 0 spiro atoms. The summed E-state index contributed by atoms with van der Waals surface area (Å²) >= 11 is 0. The van der Waals surface area contributed by atoms with Crippen molar-refractivity contribution in [2.75, 3.05) is 0 Å². The van der Waals surface area contributed by atoms with Crippen molar-refractivity contribution in [2.24, 2.45) is 5.92 Å². The van der Waals surface area contributed by atoms with Crippen molar-refractivity contribution in [1.82, 2.24) is 0 Å². The Bertz CT molecular complexity index is 437. The largest absolute Gasteiger partial charge is 0.389 e. The fourth-order valence-corrected chi connectivity index (χ4v) is 2.71. The predicted molar refractivity (Wildman–Crippen MR) is 93.3 cm³/mol. The average molecular weight is 288 g/mol. The molecule has 0 bridgehead atoms. The molecular weight excluding hydrogens is 256 g/mol. The molecule has 0 aromatic carbocycles. The van der Waals surface area contributed by atoms with Crippen LogP contribution in [0.5, 0.6) is 0 Å². The fourth-order valence-electron chi connectivity index (χ4n) is 2.71. The van der Waals surface area contributed by atoms with Gasteiger partial charge in [0.25, 0.3) is 0 Å². The van der Waals surface area contributed by atoms with Gasteiger partial charge in [-0.1, -0.05) is 41.5 Å². The molecule has 0 aromatic rings. The summed E-state index contributed by atoms with van der Waals surface area (Å²) in [6.07, 6.45) is 12.7. The van der Waals surface area contributed by atoms with E-state index in [1.807, 2.05) is 6.92 Å². The smallest absolute Gasteiger partial charge is 0.0753 e. The first-order valence-corrected chi connectivity index (χ1v) is 8.21. The SMILES string of the molecule is C=C(C)[C@@H]1C/C=C(\C)CC/C=C(\C)CC/C=C(\C)[C@@H](O)C1. The van der Waals surface area contributed by atoms with E-state index in [2.05, 4.69) is 45.6 Å². The summed E-state index contributed by atoms with van der Waals surface area (Å²) in [5.74, 6) is 0.374. The molecule has 0 radical (unpaired) electrons. The van der Waals surface area contributed by atoms with Crippen LogP contribution < -0.4 is 0 Å². The number of aliphatic hydroxyl groups is 1. The lowest BCUT2D eigenvalue weighted by Gasteiger charge is -2.21. The molecule has 1 N–H and O–H groups in total. The Morgan fingerprint density at radius 3 is 2.24 bits per heavy atom. The topological polar surface area (TPSA) is 20.2 Å². The summed E-state index contributed by atoms with van der Waals surface area (Å²) in [6.45, 7) is 12.7. The normalized spacial score (nSPS) is 33.7. The molecule has 0 saturated carbocycles. The Hall–Kier alpha value is -1.08. The monoisotopic (exact) mass is 288 g/mol. The third kappa shape index (κ3) is 6.95. The second-order valence-corrected chi connectivity index (χ2v) is 6.66. The van der Waals surface area contributed by atoms with Gasteiger partial charge in [-0.2, -0.15) is 0 Å². The molecule has 0 heterocycles. The first kappa shape index (κ1) is 18.0. The summed E-state index contributed by atoms with van der Waals surface area (Å²) in [5, 5.41) is 10.4. The van der Waals surface area contributed by atoms with E-state index in [1.54, 1.807) is 0 Å². The zero-order valence-electron chi connectivity index (χ0n) is 14.3. The molecule has 0 aliphatic heterocycles. The first-order valence-electron chi connectivity index (χ1n) is 8.21. The van der Waals surface area contributed by atoms with Crippen LogP contribution in [0.15, 0.2) is 47.1 Å². The van der Waals surface area contributed by atoms with E-state index < -0.39 is 0 Å². The van der Waals surface area contributed by atoms with Gasteiger partial charge in [0.05, 0.1) is 6.10 Å². The van der Waals surface area contributed by atoms with Crippen LogP contribution in [-0.2, 0) is 0 Å². The molecule has 2 atom stereocenters. The standard InChI is InChI=1S/C20H32O/c1-15(2)19-13-12-17(4)9-6-8-16(3)10-7-11-18(5)20(21)14-19/h8,11-12,19-21H,1,6-7,9-10,13-14H2,2-5H3/b16-8+,17-12+,18-11+/t19-,20+/m1/s1. The van der Waals surface area contributed by atoms with Crippen LogP contribution in [0.25, 0.3) is 0 Å². The molecule has 118 valence electrons. The lowest BCUT2D eigenvalue weighted by Crippen LogP contribution is -2.15. The maximum atomic E-state index is 10.4. The second-order valence-electron chi connectivity index (χ2n) is 6.66. The average Bonchev–Trinajstić information content (AvgIpc) is 2.41. The molecule has 0 unspecified atom stereocenters.